The highest BCUT2D eigenvalue weighted by molar-refractivity contribution is 8.00. The van der Waals surface area contributed by atoms with E-state index >= 15 is 0 Å². The predicted molar refractivity (Wildman–Crippen MR) is 153 cm³/mol. The zero-order valence-electron chi connectivity index (χ0n) is 22.8. The van der Waals surface area contributed by atoms with Crippen LogP contribution >= 0.6 is 11.8 Å². The van der Waals surface area contributed by atoms with Crippen molar-refractivity contribution in [3.63, 3.8) is 0 Å². The van der Waals surface area contributed by atoms with Gasteiger partial charge in [0.1, 0.15) is 11.6 Å². The van der Waals surface area contributed by atoms with Crippen molar-refractivity contribution in [1.82, 2.24) is 15.1 Å². The highest BCUT2D eigenvalue weighted by Crippen LogP contribution is 2.34. The molecule has 7 heteroatoms. The number of benzene rings is 2. The Hall–Kier alpha value is -2.64. The Morgan fingerprint density at radius 1 is 1.16 bits per heavy atom. The van der Waals surface area contributed by atoms with E-state index < -0.39 is 16.9 Å². The molecule has 0 saturated heterocycles. The lowest BCUT2D eigenvalue weighted by Gasteiger charge is -2.38. The standard InChI is InChI=1S/C31H39F2N3OS/c1-5-27-28(32)13-14-29(33)30(27)38-21(2)31(37)36(26-11-9-25(34-3)10-12-26)20-22-7-6-8-24(19-22)23-15-17-35(4)18-16-23/h6-8,13-17,19,21,25-26,34H,5,9-12,18,20H2,1-4H3. The fourth-order valence-corrected chi connectivity index (χ4v) is 6.55. The van der Waals surface area contributed by atoms with Crippen molar-refractivity contribution in [3.05, 3.63) is 83.1 Å². The first-order valence-electron chi connectivity index (χ1n) is 13.6. The second kappa shape index (κ2) is 12.9. The summed E-state index contributed by atoms with van der Waals surface area (Å²) in [6.07, 6.45) is 10.6. The number of carbonyl (C=O) groups is 1. The van der Waals surface area contributed by atoms with Crippen molar-refractivity contribution in [2.45, 2.75) is 74.7 Å². The predicted octanol–water partition coefficient (Wildman–Crippen LogP) is 6.41. The number of allylic oxidation sites excluding steroid dienone is 2. The van der Waals surface area contributed by atoms with Crippen LogP contribution in [-0.4, -0.2) is 53.7 Å². The van der Waals surface area contributed by atoms with Gasteiger partial charge in [0.2, 0.25) is 5.91 Å². The van der Waals surface area contributed by atoms with Crippen molar-refractivity contribution in [3.8, 4) is 0 Å². The van der Waals surface area contributed by atoms with E-state index in [4.69, 9.17) is 0 Å². The molecule has 1 aliphatic heterocycles. The quantitative estimate of drug-likeness (QED) is 0.374. The number of rotatable bonds is 9. The molecule has 1 saturated carbocycles. The van der Waals surface area contributed by atoms with E-state index in [1.54, 1.807) is 0 Å². The lowest BCUT2D eigenvalue weighted by Crippen LogP contribution is -2.46. The number of thioether (sulfide) groups is 1. The van der Waals surface area contributed by atoms with Gasteiger partial charge in [0.15, 0.2) is 0 Å². The van der Waals surface area contributed by atoms with Gasteiger partial charge in [-0.05, 0) is 93.3 Å². The minimum atomic E-state index is -0.540. The van der Waals surface area contributed by atoms with Crippen molar-refractivity contribution in [2.24, 2.45) is 0 Å². The fraction of sp³-hybridized carbons (Fsp3) is 0.452. The molecule has 1 aliphatic carbocycles. The Balaban J connectivity index is 1.58. The van der Waals surface area contributed by atoms with E-state index in [0.717, 1.165) is 61.2 Å². The molecule has 0 aromatic heterocycles. The number of hydrogen-bond donors (Lipinski definition) is 1. The lowest BCUT2D eigenvalue weighted by molar-refractivity contribution is -0.134. The number of hydrogen-bond acceptors (Lipinski definition) is 4. The molecular formula is C31H39F2N3OS. The SMILES string of the molecule is CCc1c(F)ccc(F)c1SC(C)C(=O)N(Cc1cccc(C2=CCN(C)C=C2)c1)C1CCC(NC)CC1. The van der Waals surface area contributed by atoms with Crippen LogP contribution < -0.4 is 5.32 Å². The number of likely N-dealkylation sites (N-methyl/N-ethyl adjacent to an activating group) is 1. The Morgan fingerprint density at radius 3 is 2.55 bits per heavy atom. The minimum absolute atomic E-state index is 0.0302. The van der Waals surface area contributed by atoms with Gasteiger partial charge in [-0.1, -0.05) is 31.2 Å². The third kappa shape index (κ3) is 6.67. The largest absolute Gasteiger partial charge is 0.377 e. The van der Waals surface area contributed by atoms with Gasteiger partial charge < -0.3 is 15.1 Å². The molecule has 1 N–H and O–H groups in total. The molecule has 2 aromatic carbocycles. The van der Waals surface area contributed by atoms with E-state index in [1.165, 1.54) is 11.6 Å². The van der Waals surface area contributed by atoms with Crippen molar-refractivity contribution in [2.75, 3.05) is 20.6 Å². The molecule has 4 rings (SSSR count). The van der Waals surface area contributed by atoms with Crippen LogP contribution in [0.25, 0.3) is 5.57 Å². The van der Waals surface area contributed by atoms with Crippen molar-refractivity contribution >= 4 is 23.2 Å². The van der Waals surface area contributed by atoms with Crippen LogP contribution in [0.2, 0.25) is 0 Å². The van der Waals surface area contributed by atoms with E-state index in [9.17, 15) is 13.6 Å². The number of carbonyl (C=O) groups excluding carboxylic acids is 1. The molecule has 4 nitrogen and oxygen atoms in total. The first-order chi connectivity index (χ1) is 18.3. The molecule has 38 heavy (non-hydrogen) atoms. The summed E-state index contributed by atoms with van der Waals surface area (Å²) in [4.78, 5) is 18.3. The molecule has 0 radical (unpaired) electrons. The van der Waals surface area contributed by atoms with Gasteiger partial charge in [0.05, 0.1) is 5.25 Å². The zero-order chi connectivity index (χ0) is 27.2. The molecule has 2 aromatic rings. The normalized spacial score (nSPS) is 20.3. The van der Waals surface area contributed by atoms with Crippen molar-refractivity contribution < 1.29 is 13.6 Å². The average Bonchev–Trinajstić information content (AvgIpc) is 2.94. The monoisotopic (exact) mass is 539 g/mol. The van der Waals surface area contributed by atoms with Crippen LogP contribution in [0.4, 0.5) is 8.78 Å². The van der Waals surface area contributed by atoms with Crippen LogP contribution in [0.5, 0.6) is 0 Å². The first kappa shape index (κ1) is 28.4. The Kier molecular flexibility index (Phi) is 9.66. The molecule has 0 bridgehead atoms. The topological polar surface area (TPSA) is 35.6 Å². The molecule has 1 fully saturated rings. The van der Waals surface area contributed by atoms with Gasteiger partial charge >= 0.3 is 0 Å². The molecule has 0 spiro atoms. The molecule has 2 aliphatic rings. The summed E-state index contributed by atoms with van der Waals surface area (Å²) in [6, 6.07) is 11.3. The van der Waals surface area contributed by atoms with E-state index in [1.807, 2.05) is 38.9 Å². The van der Waals surface area contributed by atoms with Gasteiger partial charge in [0, 0.05) is 42.7 Å². The Morgan fingerprint density at radius 2 is 1.89 bits per heavy atom. The zero-order valence-corrected chi connectivity index (χ0v) is 23.7. The van der Waals surface area contributed by atoms with E-state index in [2.05, 4.69) is 46.8 Å². The van der Waals surface area contributed by atoms with Gasteiger partial charge in [-0.3, -0.25) is 4.79 Å². The fourth-order valence-electron chi connectivity index (χ4n) is 5.39. The highest BCUT2D eigenvalue weighted by atomic mass is 32.2. The van der Waals surface area contributed by atoms with Crippen LogP contribution in [0.15, 0.2) is 59.6 Å². The average molecular weight is 540 g/mol. The Labute approximate surface area is 230 Å². The molecule has 1 unspecified atom stereocenters. The Bertz CT molecular complexity index is 1190. The molecule has 1 atom stereocenters. The lowest BCUT2D eigenvalue weighted by atomic mass is 9.89. The molecule has 204 valence electrons. The van der Waals surface area contributed by atoms with Gasteiger partial charge in [0.25, 0.3) is 0 Å². The number of amides is 1. The maximum Gasteiger partial charge on any atom is 0.236 e. The molecular weight excluding hydrogens is 500 g/mol. The third-order valence-electron chi connectivity index (χ3n) is 7.70. The summed E-state index contributed by atoms with van der Waals surface area (Å²) in [6.45, 7) is 4.98. The smallest absolute Gasteiger partial charge is 0.236 e. The highest BCUT2D eigenvalue weighted by Gasteiger charge is 2.32. The third-order valence-corrected chi connectivity index (χ3v) is 8.93. The van der Waals surface area contributed by atoms with Crippen LogP contribution in [0, 0.1) is 11.6 Å². The summed E-state index contributed by atoms with van der Waals surface area (Å²) >= 11 is 1.14. The molecule has 1 amide bonds. The summed E-state index contributed by atoms with van der Waals surface area (Å²) in [7, 11) is 4.04. The summed E-state index contributed by atoms with van der Waals surface area (Å²) in [5.74, 6) is -0.925. The first-order valence-corrected chi connectivity index (χ1v) is 14.5. The number of nitrogens with one attached hydrogen (secondary N) is 1. The van der Waals surface area contributed by atoms with Gasteiger partial charge in [-0.2, -0.15) is 0 Å². The summed E-state index contributed by atoms with van der Waals surface area (Å²) in [5.41, 5.74) is 3.72. The van der Waals surface area contributed by atoms with Crippen molar-refractivity contribution in [1.29, 1.82) is 0 Å². The summed E-state index contributed by atoms with van der Waals surface area (Å²) in [5, 5.41) is 2.83. The molecule has 1 heterocycles. The van der Waals surface area contributed by atoms with Crippen LogP contribution in [-0.2, 0) is 17.8 Å². The number of halogens is 2. The van der Waals surface area contributed by atoms with E-state index in [-0.39, 0.29) is 16.8 Å². The summed E-state index contributed by atoms with van der Waals surface area (Å²) < 4.78 is 29.1. The maximum absolute atomic E-state index is 14.7. The van der Waals surface area contributed by atoms with E-state index in [0.29, 0.717) is 24.6 Å². The maximum atomic E-state index is 14.7. The van der Waals surface area contributed by atoms with Crippen LogP contribution in [0.1, 0.15) is 56.2 Å². The minimum Gasteiger partial charge on any atom is -0.377 e. The van der Waals surface area contributed by atoms with Crippen LogP contribution in [0.3, 0.4) is 0 Å². The van der Waals surface area contributed by atoms with Gasteiger partial charge in [-0.25, -0.2) is 8.78 Å². The second-order valence-electron chi connectivity index (χ2n) is 10.3. The van der Waals surface area contributed by atoms with Gasteiger partial charge in [-0.15, -0.1) is 11.8 Å². The second-order valence-corrected chi connectivity index (χ2v) is 11.7. The number of nitrogens with zero attached hydrogens (tertiary/aromatic N) is 2.